The average Bonchev–Trinajstić information content (AvgIpc) is 3.36. The average molecular weight is 338 g/mol. The second-order valence-corrected chi connectivity index (χ2v) is 6.08. The second kappa shape index (κ2) is 6.44. The Kier molecular flexibility index (Phi) is 3.98. The topological polar surface area (TPSA) is 113 Å². The van der Waals surface area contributed by atoms with Gasteiger partial charge in [-0.05, 0) is 25.1 Å². The number of amides is 1. The predicted molar refractivity (Wildman–Crippen MR) is 91.0 cm³/mol. The zero-order valence-electron chi connectivity index (χ0n) is 13.7. The van der Waals surface area contributed by atoms with E-state index in [1.165, 1.54) is 0 Å². The van der Waals surface area contributed by atoms with Gasteiger partial charge in [0.2, 0.25) is 0 Å². The van der Waals surface area contributed by atoms with Gasteiger partial charge in [0.15, 0.2) is 11.5 Å². The van der Waals surface area contributed by atoms with Crippen LogP contribution in [0.25, 0.3) is 11.4 Å². The number of aromatic amines is 1. The third kappa shape index (κ3) is 3.13. The van der Waals surface area contributed by atoms with Gasteiger partial charge in [-0.15, -0.1) is 10.2 Å². The van der Waals surface area contributed by atoms with Gasteiger partial charge in [-0.2, -0.15) is 5.10 Å². The van der Waals surface area contributed by atoms with Gasteiger partial charge in [-0.3, -0.25) is 14.9 Å². The SMILES string of the molecule is Cn1cnnc1-c1cncc(NC(=O)c2cc(C3CCNC3)[nH]n2)c1. The zero-order valence-corrected chi connectivity index (χ0v) is 13.7. The molecule has 3 N–H and O–H groups in total. The van der Waals surface area contributed by atoms with Crippen molar-refractivity contribution < 1.29 is 4.79 Å². The zero-order chi connectivity index (χ0) is 17.2. The summed E-state index contributed by atoms with van der Waals surface area (Å²) in [5.74, 6) is 0.791. The molecule has 0 spiro atoms. The highest BCUT2D eigenvalue weighted by Crippen LogP contribution is 2.22. The van der Waals surface area contributed by atoms with Crippen molar-refractivity contribution in [2.75, 3.05) is 18.4 Å². The third-order valence-electron chi connectivity index (χ3n) is 4.30. The number of hydrogen-bond donors (Lipinski definition) is 3. The fraction of sp³-hybridized carbons (Fsp3) is 0.312. The predicted octanol–water partition coefficient (Wildman–Crippen LogP) is 0.929. The van der Waals surface area contributed by atoms with E-state index in [2.05, 4.69) is 36.0 Å². The van der Waals surface area contributed by atoms with Gasteiger partial charge in [-0.1, -0.05) is 0 Å². The lowest BCUT2D eigenvalue weighted by Gasteiger charge is -2.05. The molecule has 3 aromatic rings. The van der Waals surface area contributed by atoms with E-state index in [0.717, 1.165) is 30.8 Å². The number of H-pyrrole nitrogens is 1. The Balaban J connectivity index is 1.50. The van der Waals surface area contributed by atoms with Gasteiger partial charge in [0.25, 0.3) is 5.91 Å². The molecule has 9 heteroatoms. The summed E-state index contributed by atoms with van der Waals surface area (Å²) in [6.07, 6.45) is 5.93. The molecule has 0 saturated carbocycles. The number of nitrogens with zero attached hydrogens (tertiary/aromatic N) is 5. The molecule has 1 aliphatic heterocycles. The summed E-state index contributed by atoms with van der Waals surface area (Å²) < 4.78 is 1.79. The molecule has 4 rings (SSSR count). The lowest BCUT2D eigenvalue weighted by Crippen LogP contribution is -2.12. The van der Waals surface area contributed by atoms with Gasteiger partial charge in [0.1, 0.15) is 6.33 Å². The Bertz CT molecular complexity index is 893. The Morgan fingerprint density at radius 3 is 3.04 bits per heavy atom. The number of carbonyl (C=O) groups excluding carboxylic acids is 1. The number of carbonyl (C=O) groups is 1. The molecular weight excluding hydrogens is 320 g/mol. The molecule has 1 saturated heterocycles. The fourth-order valence-corrected chi connectivity index (χ4v) is 2.95. The molecule has 128 valence electrons. The van der Waals surface area contributed by atoms with E-state index >= 15 is 0 Å². The van der Waals surface area contributed by atoms with Crippen molar-refractivity contribution in [3.05, 3.63) is 42.2 Å². The van der Waals surface area contributed by atoms with E-state index in [1.54, 1.807) is 23.3 Å². The Morgan fingerprint density at radius 2 is 2.28 bits per heavy atom. The lowest BCUT2D eigenvalue weighted by atomic mass is 10.1. The van der Waals surface area contributed by atoms with E-state index in [9.17, 15) is 4.79 Å². The summed E-state index contributed by atoms with van der Waals surface area (Å²) in [6.45, 7) is 1.90. The van der Waals surface area contributed by atoms with Crippen LogP contribution in [-0.4, -0.2) is 48.9 Å². The van der Waals surface area contributed by atoms with Crippen LogP contribution in [0.1, 0.15) is 28.5 Å². The highest BCUT2D eigenvalue weighted by molar-refractivity contribution is 6.03. The summed E-state index contributed by atoms with van der Waals surface area (Å²) in [4.78, 5) is 16.6. The third-order valence-corrected chi connectivity index (χ3v) is 4.30. The Labute approximate surface area is 143 Å². The molecule has 1 fully saturated rings. The van der Waals surface area contributed by atoms with Crippen LogP contribution in [0.15, 0.2) is 30.9 Å². The first kappa shape index (κ1) is 15.5. The van der Waals surface area contributed by atoms with E-state index in [4.69, 9.17) is 0 Å². The van der Waals surface area contributed by atoms with E-state index in [-0.39, 0.29) is 5.91 Å². The molecule has 1 aliphatic rings. The van der Waals surface area contributed by atoms with E-state index in [1.807, 2.05) is 19.2 Å². The van der Waals surface area contributed by atoms with Crippen LogP contribution < -0.4 is 10.6 Å². The normalized spacial score (nSPS) is 16.9. The second-order valence-electron chi connectivity index (χ2n) is 6.08. The van der Waals surface area contributed by atoms with Crippen molar-refractivity contribution >= 4 is 11.6 Å². The minimum Gasteiger partial charge on any atom is -0.319 e. The van der Waals surface area contributed by atoms with Gasteiger partial charge in [-0.25, -0.2) is 0 Å². The number of anilines is 1. The molecule has 0 radical (unpaired) electrons. The standard InChI is InChI=1S/C16H18N8O/c1-24-9-19-23-15(24)11-4-12(8-18-7-11)20-16(25)14-5-13(21-22-14)10-2-3-17-6-10/h4-5,7-10,17H,2-3,6H2,1H3,(H,20,25)(H,21,22). The summed E-state index contributed by atoms with van der Waals surface area (Å²) in [7, 11) is 1.85. The monoisotopic (exact) mass is 338 g/mol. The summed E-state index contributed by atoms with van der Waals surface area (Å²) in [5.41, 5.74) is 2.71. The van der Waals surface area contributed by atoms with Crippen LogP contribution in [0.4, 0.5) is 5.69 Å². The summed E-state index contributed by atoms with van der Waals surface area (Å²) in [5, 5.41) is 21.1. The fourth-order valence-electron chi connectivity index (χ4n) is 2.95. The first-order chi connectivity index (χ1) is 12.2. The molecule has 0 aromatic carbocycles. The molecule has 3 aromatic heterocycles. The highest BCUT2D eigenvalue weighted by atomic mass is 16.1. The summed E-state index contributed by atoms with van der Waals surface area (Å²) >= 11 is 0. The number of pyridine rings is 1. The molecule has 0 bridgehead atoms. The van der Waals surface area contributed by atoms with Crippen LogP contribution >= 0.6 is 0 Å². The number of nitrogens with one attached hydrogen (secondary N) is 3. The molecule has 25 heavy (non-hydrogen) atoms. The van der Waals surface area contributed by atoms with Crippen molar-refractivity contribution in [2.24, 2.45) is 7.05 Å². The molecule has 0 aliphatic carbocycles. The summed E-state index contributed by atoms with van der Waals surface area (Å²) in [6, 6.07) is 3.62. The molecule has 9 nitrogen and oxygen atoms in total. The number of aryl methyl sites for hydroxylation is 1. The molecule has 4 heterocycles. The van der Waals surface area contributed by atoms with Crippen molar-refractivity contribution in [3.8, 4) is 11.4 Å². The van der Waals surface area contributed by atoms with Crippen LogP contribution in [-0.2, 0) is 7.05 Å². The maximum absolute atomic E-state index is 12.4. The maximum Gasteiger partial charge on any atom is 0.276 e. The van der Waals surface area contributed by atoms with E-state index in [0.29, 0.717) is 23.1 Å². The quantitative estimate of drug-likeness (QED) is 0.652. The minimum atomic E-state index is -0.273. The van der Waals surface area contributed by atoms with Gasteiger partial charge < -0.3 is 15.2 Å². The molecule has 1 amide bonds. The van der Waals surface area contributed by atoms with E-state index < -0.39 is 0 Å². The van der Waals surface area contributed by atoms with Crippen LogP contribution in [0, 0.1) is 0 Å². The minimum absolute atomic E-state index is 0.273. The van der Waals surface area contributed by atoms with Gasteiger partial charge in [0.05, 0.1) is 11.9 Å². The van der Waals surface area contributed by atoms with Gasteiger partial charge in [0, 0.05) is 37.0 Å². The number of hydrogen-bond acceptors (Lipinski definition) is 6. The Morgan fingerprint density at radius 1 is 1.36 bits per heavy atom. The maximum atomic E-state index is 12.4. The molecule has 1 atom stereocenters. The lowest BCUT2D eigenvalue weighted by molar-refractivity contribution is 0.102. The van der Waals surface area contributed by atoms with Crippen molar-refractivity contribution in [1.82, 2.24) is 35.3 Å². The van der Waals surface area contributed by atoms with Crippen LogP contribution in [0.2, 0.25) is 0 Å². The Hall–Kier alpha value is -3.07. The van der Waals surface area contributed by atoms with Crippen molar-refractivity contribution in [3.63, 3.8) is 0 Å². The van der Waals surface area contributed by atoms with Crippen LogP contribution in [0.5, 0.6) is 0 Å². The number of aromatic nitrogens is 6. The smallest absolute Gasteiger partial charge is 0.276 e. The first-order valence-electron chi connectivity index (χ1n) is 8.07. The highest BCUT2D eigenvalue weighted by Gasteiger charge is 2.20. The first-order valence-corrected chi connectivity index (χ1v) is 8.07. The van der Waals surface area contributed by atoms with Crippen molar-refractivity contribution in [2.45, 2.75) is 12.3 Å². The molecule has 1 unspecified atom stereocenters. The van der Waals surface area contributed by atoms with Crippen molar-refractivity contribution in [1.29, 1.82) is 0 Å². The van der Waals surface area contributed by atoms with Crippen LogP contribution in [0.3, 0.4) is 0 Å². The van der Waals surface area contributed by atoms with Gasteiger partial charge >= 0.3 is 0 Å². The largest absolute Gasteiger partial charge is 0.319 e. The number of rotatable bonds is 4. The molecular formula is C16H18N8O.